The van der Waals surface area contributed by atoms with Crippen molar-refractivity contribution in [3.63, 3.8) is 0 Å². The summed E-state index contributed by atoms with van der Waals surface area (Å²) in [5, 5.41) is 0. The van der Waals surface area contributed by atoms with Crippen molar-refractivity contribution in [2.45, 2.75) is 52.1 Å². The fourth-order valence-corrected chi connectivity index (χ4v) is 2.06. The average Bonchev–Trinajstić information content (AvgIpc) is 2.71. The molecule has 0 fully saturated rings. The number of amidine groups is 1. The maximum Gasteiger partial charge on any atom is 0.100 e. The number of allylic oxidation sites excluding steroid dienone is 2. The number of nitrogens with zero attached hydrogens (tertiary/aromatic N) is 2. The van der Waals surface area contributed by atoms with Crippen LogP contribution in [0.25, 0.3) is 0 Å². The molecule has 1 aliphatic rings. The normalized spacial score (nSPS) is 18.2. The zero-order valence-electron chi connectivity index (χ0n) is 10.7. The number of hydrogen-bond acceptors (Lipinski definition) is 3. The lowest BCUT2D eigenvalue weighted by atomic mass is 10.1. The van der Waals surface area contributed by atoms with Gasteiger partial charge in [-0.05, 0) is 33.1 Å². The molecule has 0 aromatic carbocycles. The van der Waals surface area contributed by atoms with Crippen LogP contribution in [0.5, 0.6) is 0 Å². The summed E-state index contributed by atoms with van der Waals surface area (Å²) in [4.78, 5) is 6.75. The van der Waals surface area contributed by atoms with E-state index >= 15 is 0 Å². The predicted octanol–water partition coefficient (Wildman–Crippen LogP) is 2.53. The van der Waals surface area contributed by atoms with Gasteiger partial charge in [0.15, 0.2) is 0 Å². The van der Waals surface area contributed by atoms with Crippen LogP contribution in [0.2, 0.25) is 0 Å². The Labute approximate surface area is 99.4 Å². The Kier molecular flexibility index (Phi) is 6.16. The quantitative estimate of drug-likeness (QED) is 0.532. The zero-order valence-corrected chi connectivity index (χ0v) is 10.7. The number of unbranched alkanes of at least 4 members (excludes halogenated alkanes) is 3. The second kappa shape index (κ2) is 7.44. The molecule has 0 saturated heterocycles. The predicted molar refractivity (Wildman–Crippen MR) is 70.6 cm³/mol. The van der Waals surface area contributed by atoms with Gasteiger partial charge in [0.2, 0.25) is 0 Å². The van der Waals surface area contributed by atoms with E-state index in [9.17, 15) is 0 Å². The molecule has 0 radical (unpaired) electrons. The third kappa shape index (κ3) is 4.35. The monoisotopic (exact) mass is 223 g/mol. The third-order valence-corrected chi connectivity index (χ3v) is 2.97. The molecule has 1 atom stereocenters. The van der Waals surface area contributed by atoms with E-state index in [1.807, 2.05) is 6.92 Å². The van der Waals surface area contributed by atoms with Crippen molar-refractivity contribution in [2.75, 3.05) is 13.1 Å². The van der Waals surface area contributed by atoms with Gasteiger partial charge in [0, 0.05) is 13.0 Å². The minimum atomic E-state index is 0.115. The molecule has 0 aliphatic carbocycles. The molecule has 16 heavy (non-hydrogen) atoms. The standard InChI is InChI=1S/C13H25N3/c1-3-4-5-6-7-8-9-13-15-10-11-16(13)12(2)14/h3-4,12H,5-11,14H2,1-2H3/b4-3+. The van der Waals surface area contributed by atoms with Gasteiger partial charge in [-0.1, -0.05) is 18.6 Å². The van der Waals surface area contributed by atoms with Crippen LogP contribution < -0.4 is 5.73 Å². The molecule has 2 N–H and O–H groups in total. The van der Waals surface area contributed by atoms with Gasteiger partial charge < -0.3 is 10.6 Å². The molecule has 92 valence electrons. The van der Waals surface area contributed by atoms with Crippen molar-refractivity contribution in [3.05, 3.63) is 12.2 Å². The second-order valence-electron chi connectivity index (χ2n) is 4.40. The topological polar surface area (TPSA) is 41.6 Å². The van der Waals surface area contributed by atoms with Gasteiger partial charge in [-0.2, -0.15) is 0 Å². The highest BCUT2D eigenvalue weighted by Crippen LogP contribution is 2.12. The third-order valence-electron chi connectivity index (χ3n) is 2.97. The molecular weight excluding hydrogens is 198 g/mol. The van der Waals surface area contributed by atoms with Crippen molar-refractivity contribution in [1.29, 1.82) is 0 Å². The lowest BCUT2D eigenvalue weighted by molar-refractivity contribution is 0.359. The molecular formula is C13H25N3. The molecule has 0 saturated carbocycles. The molecule has 0 aromatic rings. The van der Waals surface area contributed by atoms with Crippen molar-refractivity contribution < 1.29 is 0 Å². The molecule has 1 heterocycles. The van der Waals surface area contributed by atoms with Gasteiger partial charge in [0.05, 0.1) is 12.7 Å². The Bertz CT molecular complexity index is 244. The summed E-state index contributed by atoms with van der Waals surface area (Å²) >= 11 is 0. The van der Waals surface area contributed by atoms with Gasteiger partial charge >= 0.3 is 0 Å². The summed E-state index contributed by atoms with van der Waals surface area (Å²) in [6.07, 6.45) is 10.6. The molecule has 3 nitrogen and oxygen atoms in total. The van der Waals surface area contributed by atoms with Gasteiger partial charge in [0.1, 0.15) is 5.84 Å². The number of nitrogens with two attached hydrogens (primary N) is 1. The smallest absolute Gasteiger partial charge is 0.100 e. The van der Waals surface area contributed by atoms with Crippen molar-refractivity contribution in [3.8, 4) is 0 Å². The molecule has 0 spiro atoms. The SMILES string of the molecule is C/C=C/CCCCCC1=NCCN1C(C)N. The Morgan fingerprint density at radius 2 is 2.25 bits per heavy atom. The van der Waals surface area contributed by atoms with E-state index in [-0.39, 0.29) is 6.17 Å². The molecule has 0 amide bonds. The first kappa shape index (κ1) is 13.2. The van der Waals surface area contributed by atoms with E-state index in [0.717, 1.165) is 19.5 Å². The Morgan fingerprint density at radius 3 is 2.94 bits per heavy atom. The van der Waals surface area contributed by atoms with Gasteiger partial charge in [-0.15, -0.1) is 0 Å². The van der Waals surface area contributed by atoms with Crippen LogP contribution in [0.15, 0.2) is 17.1 Å². The van der Waals surface area contributed by atoms with Crippen molar-refractivity contribution in [2.24, 2.45) is 10.7 Å². The summed E-state index contributed by atoms with van der Waals surface area (Å²) in [7, 11) is 0. The first-order valence-corrected chi connectivity index (χ1v) is 6.42. The highest BCUT2D eigenvalue weighted by atomic mass is 15.3. The van der Waals surface area contributed by atoms with E-state index in [0.29, 0.717) is 0 Å². The van der Waals surface area contributed by atoms with Crippen LogP contribution in [0, 0.1) is 0 Å². The van der Waals surface area contributed by atoms with E-state index in [4.69, 9.17) is 5.73 Å². The van der Waals surface area contributed by atoms with Crippen molar-refractivity contribution >= 4 is 5.84 Å². The average molecular weight is 223 g/mol. The lowest BCUT2D eigenvalue weighted by Crippen LogP contribution is -2.41. The van der Waals surface area contributed by atoms with Gasteiger partial charge in [-0.3, -0.25) is 4.99 Å². The summed E-state index contributed by atoms with van der Waals surface area (Å²) < 4.78 is 0. The number of rotatable bonds is 7. The summed E-state index contributed by atoms with van der Waals surface area (Å²) in [6.45, 7) is 6.04. The maximum absolute atomic E-state index is 5.89. The Hall–Kier alpha value is -0.830. The minimum absolute atomic E-state index is 0.115. The summed E-state index contributed by atoms with van der Waals surface area (Å²) in [6, 6.07) is 0. The molecule has 3 heteroatoms. The fourth-order valence-electron chi connectivity index (χ4n) is 2.06. The Balaban J connectivity index is 2.13. The van der Waals surface area contributed by atoms with Crippen LogP contribution in [0.3, 0.4) is 0 Å². The molecule has 0 aromatic heterocycles. The van der Waals surface area contributed by atoms with Crippen LogP contribution in [0.4, 0.5) is 0 Å². The highest BCUT2D eigenvalue weighted by Gasteiger charge is 2.18. The number of aliphatic imine (C=N–C) groups is 1. The van der Waals surface area contributed by atoms with E-state index in [1.165, 1.54) is 31.5 Å². The largest absolute Gasteiger partial charge is 0.343 e. The van der Waals surface area contributed by atoms with Gasteiger partial charge in [0.25, 0.3) is 0 Å². The molecule has 1 rings (SSSR count). The van der Waals surface area contributed by atoms with E-state index in [1.54, 1.807) is 0 Å². The molecule has 1 aliphatic heterocycles. The highest BCUT2D eigenvalue weighted by molar-refractivity contribution is 5.83. The van der Waals surface area contributed by atoms with E-state index in [2.05, 4.69) is 29.0 Å². The first-order chi connectivity index (χ1) is 7.75. The van der Waals surface area contributed by atoms with Crippen LogP contribution >= 0.6 is 0 Å². The first-order valence-electron chi connectivity index (χ1n) is 6.42. The van der Waals surface area contributed by atoms with Crippen LogP contribution in [-0.2, 0) is 0 Å². The summed E-state index contributed by atoms with van der Waals surface area (Å²) in [5.41, 5.74) is 5.89. The number of hydrogen-bond donors (Lipinski definition) is 1. The molecule has 1 unspecified atom stereocenters. The lowest BCUT2D eigenvalue weighted by Gasteiger charge is -2.24. The van der Waals surface area contributed by atoms with Gasteiger partial charge in [-0.25, -0.2) is 0 Å². The Morgan fingerprint density at radius 1 is 1.44 bits per heavy atom. The second-order valence-corrected chi connectivity index (χ2v) is 4.40. The fraction of sp³-hybridized carbons (Fsp3) is 0.769. The van der Waals surface area contributed by atoms with Crippen LogP contribution in [-0.4, -0.2) is 30.0 Å². The summed E-state index contributed by atoms with van der Waals surface area (Å²) in [5.74, 6) is 1.22. The van der Waals surface area contributed by atoms with E-state index < -0.39 is 0 Å². The van der Waals surface area contributed by atoms with Crippen LogP contribution in [0.1, 0.15) is 46.0 Å². The minimum Gasteiger partial charge on any atom is -0.343 e. The van der Waals surface area contributed by atoms with Crippen molar-refractivity contribution in [1.82, 2.24) is 4.90 Å². The molecule has 0 bridgehead atoms. The zero-order chi connectivity index (χ0) is 11.8. The maximum atomic E-state index is 5.89.